The van der Waals surface area contributed by atoms with Crippen molar-refractivity contribution in [3.63, 3.8) is 0 Å². The molecular formula is C14H17F3N2O3. The number of carbonyl (C=O) groups excluding carboxylic acids is 2. The van der Waals surface area contributed by atoms with Crippen molar-refractivity contribution in [1.82, 2.24) is 0 Å². The number of halogens is 3. The molecule has 0 radical (unpaired) electrons. The molecule has 0 saturated carbocycles. The van der Waals surface area contributed by atoms with Crippen LogP contribution < -0.4 is 10.6 Å². The Hall–Kier alpha value is -2.09. The van der Waals surface area contributed by atoms with E-state index >= 15 is 0 Å². The highest BCUT2D eigenvalue weighted by Crippen LogP contribution is 2.36. The molecule has 1 aromatic rings. The predicted molar refractivity (Wildman–Crippen MR) is 75.5 cm³/mol. The molecule has 1 unspecified atom stereocenters. The molecule has 5 nitrogen and oxygen atoms in total. The fourth-order valence-electron chi connectivity index (χ4n) is 1.73. The minimum atomic E-state index is -4.67. The van der Waals surface area contributed by atoms with Crippen LogP contribution in [0.4, 0.5) is 24.5 Å². The third kappa shape index (κ3) is 5.03. The molecule has 1 aromatic carbocycles. The standard InChI is InChI=1S/C14H17F3N2O3/c1-4-22-8(2)13(21)19-12-6-5-10(18-9(3)20)7-11(12)14(15,16)17/h5-8H,4H2,1-3H3,(H,18,20)(H,19,21). The van der Waals surface area contributed by atoms with Crippen LogP contribution in [0.25, 0.3) is 0 Å². The Morgan fingerprint density at radius 3 is 2.41 bits per heavy atom. The maximum absolute atomic E-state index is 13.1. The van der Waals surface area contributed by atoms with Gasteiger partial charge in [-0.25, -0.2) is 0 Å². The summed E-state index contributed by atoms with van der Waals surface area (Å²) in [4.78, 5) is 22.7. The van der Waals surface area contributed by atoms with Gasteiger partial charge in [0.1, 0.15) is 6.10 Å². The summed E-state index contributed by atoms with van der Waals surface area (Å²) in [6, 6.07) is 3.13. The number of benzene rings is 1. The average Bonchev–Trinajstić information content (AvgIpc) is 2.38. The van der Waals surface area contributed by atoms with Crippen LogP contribution in [0.15, 0.2) is 18.2 Å². The smallest absolute Gasteiger partial charge is 0.369 e. The minimum Gasteiger partial charge on any atom is -0.369 e. The van der Waals surface area contributed by atoms with Crippen LogP contribution in [0, 0.1) is 0 Å². The first-order valence-electron chi connectivity index (χ1n) is 6.56. The molecular weight excluding hydrogens is 301 g/mol. The van der Waals surface area contributed by atoms with Crippen molar-refractivity contribution in [2.24, 2.45) is 0 Å². The van der Waals surface area contributed by atoms with Crippen molar-refractivity contribution in [2.45, 2.75) is 33.1 Å². The number of amides is 2. The molecule has 0 bridgehead atoms. The zero-order chi connectivity index (χ0) is 16.9. The summed E-state index contributed by atoms with van der Waals surface area (Å²) in [7, 11) is 0. The van der Waals surface area contributed by atoms with E-state index < -0.39 is 35.3 Å². The molecule has 2 N–H and O–H groups in total. The Bertz CT molecular complexity index is 559. The summed E-state index contributed by atoms with van der Waals surface area (Å²) in [6.45, 7) is 4.57. The monoisotopic (exact) mass is 318 g/mol. The Kier molecular flexibility index (Phi) is 5.92. The predicted octanol–water partition coefficient (Wildman–Crippen LogP) is 3.03. The number of rotatable bonds is 5. The van der Waals surface area contributed by atoms with Gasteiger partial charge in [0, 0.05) is 19.2 Å². The van der Waals surface area contributed by atoms with Crippen LogP contribution in [0.3, 0.4) is 0 Å². The fraction of sp³-hybridized carbons (Fsp3) is 0.429. The second-order valence-corrected chi connectivity index (χ2v) is 4.53. The van der Waals surface area contributed by atoms with E-state index in [1.165, 1.54) is 19.9 Å². The number of ether oxygens (including phenoxy) is 1. The minimum absolute atomic E-state index is 0.00400. The van der Waals surface area contributed by atoms with E-state index in [4.69, 9.17) is 4.74 Å². The van der Waals surface area contributed by atoms with Crippen molar-refractivity contribution in [2.75, 3.05) is 17.2 Å². The molecule has 0 aliphatic rings. The first-order valence-corrected chi connectivity index (χ1v) is 6.56. The van der Waals surface area contributed by atoms with Gasteiger partial charge in [0.2, 0.25) is 5.91 Å². The maximum atomic E-state index is 13.1. The Morgan fingerprint density at radius 2 is 1.91 bits per heavy atom. The topological polar surface area (TPSA) is 67.4 Å². The lowest BCUT2D eigenvalue weighted by atomic mass is 10.1. The second-order valence-electron chi connectivity index (χ2n) is 4.53. The first-order chi connectivity index (χ1) is 10.1. The number of anilines is 2. The van der Waals surface area contributed by atoms with Gasteiger partial charge in [0.25, 0.3) is 5.91 Å². The van der Waals surface area contributed by atoms with E-state index in [0.29, 0.717) is 0 Å². The number of alkyl halides is 3. The second kappa shape index (κ2) is 7.26. The molecule has 0 fully saturated rings. The fourth-order valence-corrected chi connectivity index (χ4v) is 1.73. The molecule has 22 heavy (non-hydrogen) atoms. The van der Waals surface area contributed by atoms with Crippen molar-refractivity contribution in [3.8, 4) is 0 Å². The van der Waals surface area contributed by atoms with Gasteiger partial charge >= 0.3 is 6.18 Å². The summed E-state index contributed by atoms with van der Waals surface area (Å²) in [5.41, 5.74) is -1.44. The van der Waals surface area contributed by atoms with Gasteiger partial charge in [0.15, 0.2) is 0 Å². The van der Waals surface area contributed by atoms with Crippen LogP contribution in [-0.2, 0) is 20.5 Å². The Labute approximate surface area is 125 Å². The SMILES string of the molecule is CCOC(C)C(=O)Nc1ccc(NC(C)=O)cc1C(F)(F)F. The summed E-state index contributed by atoms with van der Waals surface area (Å²) in [5.74, 6) is -1.17. The molecule has 122 valence electrons. The van der Waals surface area contributed by atoms with E-state index in [0.717, 1.165) is 12.1 Å². The number of hydrogen-bond donors (Lipinski definition) is 2. The molecule has 1 rings (SSSR count). The van der Waals surface area contributed by atoms with Gasteiger partial charge in [-0.1, -0.05) is 0 Å². The van der Waals surface area contributed by atoms with Gasteiger partial charge < -0.3 is 15.4 Å². The van der Waals surface area contributed by atoms with Gasteiger partial charge in [-0.3, -0.25) is 9.59 Å². The summed E-state index contributed by atoms with van der Waals surface area (Å²) in [6.07, 6.45) is -5.55. The Balaban J connectivity index is 3.08. The number of carbonyl (C=O) groups is 2. The van der Waals surface area contributed by atoms with E-state index in [2.05, 4.69) is 10.6 Å². The third-order valence-electron chi connectivity index (χ3n) is 2.69. The molecule has 0 heterocycles. The maximum Gasteiger partial charge on any atom is 0.418 e. The van der Waals surface area contributed by atoms with Crippen molar-refractivity contribution >= 4 is 23.2 Å². The number of hydrogen-bond acceptors (Lipinski definition) is 3. The van der Waals surface area contributed by atoms with Gasteiger partial charge in [0.05, 0.1) is 11.3 Å². The molecule has 8 heteroatoms. The van der Waals surface area contributed by atoms with E-state index in [-0.39, 0.29) is 12.3 Å². The normalized spacial score (nSPS) is 12.6. The third-order valence-corrected chi connectivity index (χ3v) is 2.69. The summed E-state index contributed by atoms with van der Waals surface area (Å²) in [5, 5.41) is 4.45. The molecule has 2 amide bonds. The molecule has 1 atom stereocenters. The van der Waals surface area contributed by atoms with Crippen LogP contribution >= 0.6 is 0 Å². The zero-order valence-electron chi connectivity index (χ0n) is 12.4. The van der Waals surface area contributed by atoms with E-state index in [1.54, 1.807) is 6.92 Å². The highest BCUT2D eigenvalue weighted by Gasteiger charge is 2.34. The highest BCUT2D eigenvalue weighted by molar-refractivity contribution is 5.95. The van der Waals surface area contributed by atoms with Gasteiger partial charge in [-0.2, -0.15) is 13.2 Å². The quantitative estimate of drug-likeness (QED) is 0.877. The lowest BCUT2D eigenvalue weighted by Gasteiger charge is -2.17. The van der Waals surface area contributed by atoms with Crippen molar-refractivity contribution in [3.05, 3.63) is 23.8 Å². The van der Waals surface area contributed by atoms with Crippen LogP contribution in [0.1, 0.15) is 26.3 Å². The molecule has 0 aromatic heterocycles. The molecule has 0 aliphatic heterocycles. The summed E-state index contributed by atoms with van der Waals surface area (Å²) >= 11 is 0. The largest absolute Gasteiger partial charge is 0.418 e. The van der Waals surface area contributed by atoms with Gasteiger partial charge in [-0.15, -0.1) is 0 Å². The lowest BCUT2D eigenvalue weighted by molar-refractivity contribution is -0.137. The molecule has 0 spiro atoms. The average molecular weight is 318 g/mol. The van der Waals surface area contributed by atoms with Crippen molar-refractivity contribution in [1.29, 1.82) is 0 Å². The highest BCUT2D eigenvalue weighted by atomic mass is 19.4. The van der Waals surface area contributed by atoms with Crippen LogP contribution in [-0.4, -0.2) is 24.5 Å². The Morgan fingerprint density at radius 1 is 1.27 bits per heavy atom. The van der Waals surface area contributed by atoms with E-state index in [9.17, 15) is 22.8 Å². The molecule has 0 saturated heterocycles. The summed E-state index contributed by atoms with van der Waals surface area (Å²) < 4.78 is 44.2. The molecule has 0 aliphatic carbocycles. The lowest BCUT2D eigenvalue weighted by Crippen LogP contribution is -2.28. The van der Waals surface area contributed by atoms with Crippen LogP contribution in [0.5, 0.6) is 0 Å². The van der Waals surface area contributed by atoms with Crippen LogP contribution in [0.2, 0.25) is 0 Å². The van der Waals surface area contributed by atoms with Crippen molar-refractivity contribution < 1.29 is 27.5 Å². The van der Waals surface area contributed by atoms with E-state index in [1.807, 2.05) is 0 Å². The zero-order valence-corrected chi connectivity index (χ0v) is 12.4. The number of nitrogens with one attached hydrogen (secondary N) is 2. The first kappa shape index (κ1) is 18.0. The van der Waals surface area contributed by atoms with Gasteiger partial charge in [-0.05, 0) is 32.0 Å².